The van der Waals surface area contributed by atoms with Crippen LogP contribution in [0.25, 0.3) is 0 Å². The van der Waals surface area contributed by atoms with Crippen LogP contribution in [0.15, 0.2) is 16.7 Å². The van der Waals surface area contributed by atoms with Crippen LogP contribution in [0, 0.1) is 11.3 Å². The molecule has 0 aliphatic heterocycles. The lowest BCUT2D eigenvalue weighted by Crippen LogP contribution is -1.61. The van der Waals surface area contributed by atoms with E-state index in [1.54, 1.807) is 6.07 Å². The van der Waals surface area contributed by atoms with Gasteiger partial charge in [-0.25, -0.2) is 0 Å². The highest BCUT2D eigenvalue weighted by Gasteiger charge is 1.99. The summed E-state index contributed by atoms with van der Waals surface area (Å²) < 4.78 is 4.50. The molecule has 0 fully saturated rings. The Kier molecular flexibility index (Phi) is 0.935. The second-order valence-electron chi connectivity index (χ2n) is 1.25. The molecule has 0 amide bonds. The van der Waals surface area contributed by atoms with E-state index in [2.05, 4.69) is 4.42 Å². The fourth-order valence-corrected chi connectivity index (χ4v) is 0.386. The molecule has 0 bridgehead atoms. The predicted octanol–water partition coefficient (Wildman–Crippen LogP) is 0.857. The number of nitrogens with zero attached hydrogens (tertiary/aromatic N) is 1. The summed E-state index contributed by atoms with van der Waals surface area (Å²) in [6, 6.07) is 2.98. The first-order valence-electron chi connectivity index (χ1n) is 2.01. The summed E-state index contributed by atoms with van der Waals surface area (Å²) >= 11 is 0. The van der Waals surface area contributed by atoms with Gasteiger partial charge in [0, 0.05) is 6.07 Å². The Bertz CT molecular complexity index is 221. The molecule has 0 saturated heterocycles. The first-order valence-corrected chi connectivity index (χ1v) is 2.01. The summed E-state index contributed by atoms with van der Waals surface area (Å²) in [5, 5.41) is 16.7. The highest BCUT2D eigenvalue weighted by atomic mass is 16.4. The Morgan fingerprint density at radius 2 is 2.50 bits per heavy atom. The van der Waals surface area contributed by atoms with Gasteiger partial charge in [0.2, 0.25) is 5.76 Å². The fraction of sp³-hybridized carbons (Fsp3) is 0. The second-order valence-corrected chi connectivity index (χ2v) is 1.25. The monoisotopic (exact) mass is 109 g/mol. The van der Waals surface area contributed by atoms with Crippen molar-refractivity contribution in [3.05, 3.63) is 18.1 Å². The lowest BCUT2D eigenvalue weighted by Gasteiger charge is -1.76. The smallest absolute Gasteiger partial charge is 0.245 e. The van der Waals surface area contributed by atoms with Crippen LogP contribution in [-0.2, 0) is 0 Å². The molecule has 1 heterocycles. The normalized spacial score (nSPS) is 8.38. The molecular weight excluding hydrogens is 106 g/mol. The van der Waals surface area contributed by atoms with E-state index >= 15 is 0 Å². The van der Waals surface area contributed by atoms with E-state index in [-0.39, 0.29) is 11.5 Å². The van der Waals surface area contributed by atoms with Crippen molar-refractivity contribution in [2.24, 2.45) is 0 Å². The number of aromatic hydroxyl groups is 1. The van der Waals surface area contributed by atoms with E-state index in [0.29, 0.717) is 0 Å². The SMILES string of the molecule is N#Cc1occc1O. The van der Waals surface area contributed by atoms with E-state index in [1.807, 2.05) is 0 Å². The van der Waals surface area contributed by atoms with Crippen molar-refractivity contribution < 1.29 is 9.52 Å². The zero-order valence-electron chi connectivity index (χ0n) is 3.96. The molecule has 0 unspecified atom stereocenters. The molecule has 8 heavy (non-hydrogen) atoms. The molecule has 1 aromatic heterocycles. The third kappa shape index (κ3) is 0.521. The molecule has 0 saturated carbocycles. The minimum absolute atomic E-state index is 0.0370. The average Bonchev–Trinajstić information content (AvgIpc) is 2.14. The molecule has 0 spiro atoms. The van der Waals surface area contributed by atoms with Gasteiger partial charge >= 0.3 is 0 Å². The van der Waals surface area contributed by atoms with E-state index in [4.69, 9.17) is 10.4 Å². The summed E-state index contributed by atoms with van der Waals surface area (Å²) in [6.45, 7) is 0. The first-order chi connectivity index (χ1) is 3.84. The lowest BCUT2D eigenvalue weighted by molar-refractivity contribution is 0.452. The lowest BCUT2D eigenvalue weighted by atomic mass is 10.4. The molecule has 0 aliphatic carbocycles. The molecule has 1 N–H and O–H groups in total. The van der Waals surface area contributed by atoms with Crippen molar-refractivity contribution in [3.8, 4) is 11.8 Å². The topological polar surface area (TPSA) is 57.2 Å². The third-order valence-electron chi connectivity index (χ3n) is 0.746. The van der Waals surface area contributed by atoms with Gasteiger partial charge in [0.25, 0.3) is 0 Å². The van der Waals surface area contributed by atoms with Crippen molar-refractivity contribution >= 4 is 0 Å². The van der Waals surface area contributed by atoms with Gasteiger partial charge in [0.05, 0.1) is 6.26 Å². The molecule has 0 aromatic carbocycles. The van der Waals surface area contributed by atoms with Crippen LogP contribution in [0.1, 0.15) is 5.76 Å². The van der Waals surface area contributed by atoms with Gasteiger partial charge in [-0.3, -0.25) is 0 Å². The summed E-state index contributed by atoms with van der Waals surface area (Å²) in [5.74, 6) is -0.141. The average molecular weight is 109 g/mol. The van der Waals surface area contributed by atoms with E-state index in [1.165, 1.54) is 12.3 Å². The second kappa shape index (κ2) is 1.58. The van der Waals surface area contributed by atoms with Gasteiger partial charge in [-0.1, -0.05) is 0 Å². The van der Waals surface area contributed by atoms with Crippen molar-refractivity contribution in [1.29, 1.82) is 5.26 Å². The van der Waals surface area contributed by atoms with Crippen molar-refractivity contribution in [1.82, 2.24) is 0 Å². The van der Waals surface area contributed by atoms with Gasteiger partial charge in [0.15, 0.2) is 5.75 Å². The van der Waals surface area contributed by atoms with E-state index in [9.17, 15) is 0 Å². The maximum absolute atomic E-state index is 8.63. The van der Waals surface area contributed by atoms with Crippen LogP contribution in [-0.4, -0.2) is 5.11 Å². The van der Waals surface area contributed by atoms with Crippen LogP contribution in [0.2, 0.25) is 0 Å². The van der Waals surface area contributed by atoms with Gasteiger partial charge in [-0.2, -0.15) is 5.26 Å². The zero-order chi connectivity index (χ0) is 5.98. The largest absolute Gasteiger partial charge is 0.504 e. The van der Waals surface area contributed by atoms with Gasteiger partial charge in [-0.05, 0) is 0 Å². The van der Waals surface area contributed by atoms with Crippen molar-refractivity contribution in [2.45, 2.75) is 0 Å². The molecule has 1 rings (SSSR count). The number of furan rings is 1. The van der Waals surface area contributed by atoms with Crippen LogP contribution >= 0.6 is 0 Å². The molecule has 0 aliphatic rings. The van der Waals surface area contributed by atoms with Crippen molar-refractivity contribution in [3.63, 3.8) is 0 Å². The Balaban J connectivity index is 3.15. The molecule has 1 aromatic rings. The number of hydrogen-bond donors (Lipinski definition) is 1. The van der Waals surface area contributed by atoms with E-state index in [0.717, 1.165) is 0 Å². The molecular formula is C5H3NO2. The summed E-state index contributed by atoms with van der Waals surface area (Å²) in [7, 11) is 0. The maximum atomic E-state index is 8.63. The number of hydrogen-bond acceptors (Lipinski definition) is 3. The molecule has 40 valence electrons. The summed E-state index contributed by atoms with van der Waals surface area (Å²) in [6.07, 6.45) is 1.26. The minimum atomic E-state index is -0.104. The number of rotatable bonds is 0. The fourth-order valence-electron chi connectivity index (χ4n) is 0.386. The summed E-state index contributed by atoms with van der Waals surface area (Å²) in [4.78, 5) is 0. The Morgan fingerprint density at radius 1 is 1.75 bits per heavy atom. The molecule has 0 atom stereocenters. The highest BCUT2D eigenvalue weighted by molar-refractivity contribution is 5.32. The quantitative estimate of drug-likeness (QED) is 0.537. The Labute approximate surface area is 45.8 Å². The van der Waals surface area contributed by atoms with Crippen LogP contribution in [0.3, 0.4) is 0 Å². The molecule has 3 nitrogen and oxygen atoms in total. The third-order valence-corrected chi connectivity index (χ3v) is 0.746. The van der Waals surface area contributed by atoms with Crippen LogP contribution in [0.4, 0.5) is 0 Å². The predicted molar refractivity (Wildman–Crippen MR) is 25.1 cm³/mol. The standard InChI is InChI=1S/C5H3NO2/c6-3-5-4(7)1-2-8-5/h1-2,7H. The molecule has 3 heteroatoms. The highest BCUT2D eigenvalue weighted by Crippen LogP contribution is 2.14. The van der Waals surface area contributed by atoms with Gasteiger partial charge in [0.1, 0.15) is 6.07 Å². The van der Waals surface area contributed by atoms with Crippen LogP contribution in [0.5, 0.6) is 5.75 Å². The Hall–Kier alpha value is -1.43. The molecule has 0 radical (unpaired) electrons. The zero-order valence-corrected chi connectivity index (χ0v) is 3.96. The minimum Gasteiger partial charge on any atom is -0.504 e. The van der Waals surface area contributed by atoms with Gasteiger partial charge < -0.3 is 9.52 Å². The van der Waals surface area contributed by atoms with Crippen molar-refractivity contribution in [2.75, 3.05) is 0 Å². The van der Waals surface area contributed by atoms with Gasteiger partial charge in [-0.15, -0.1) is 0 Å². The summed E-state index contributed by atoms with van der Waals surface area (Å²) in [5.41, 5.74) is 0. The van der Waals surface area contributed by atoms with E-state index < -0.39 is 0 Å². The maximum Gasteiger partial charge on any atom is 0.245 e. The number of nitriles is 1. The first kappa shape index (κ1) is 4.72. The Morgan fingerprint density at radius 3 is 2.75 bits per heavy atom. The van der Waals surface area contributed by atoms with Crippen LogP contribution < -0.4 is 0 Å².